The maximum Gasteiger partial charge on any atom is 0.0428 e. The second-order valence-electron chi connectivity index (χ2n) is 2.34. The van der Waals surface area contributed by atoms with E-state index < -0.39 is 0 Å². The zero-order chi connectivity index (χ0) is 8.10. The van der Waals surface area contributed by atoms with Crippen LogP contribution in [-0.2, 0) is 6.42 Å². The Morgan fingerprint density at radius 1 is 1.82 bits per heavy atom. The highest BCUT2D eigenvalue weighted by Crippen LogP contribution is 2.08. The fraction of sp³-hybridized carbons (Fsp3) is 0.250. The first-order chi connectivity index (χ1) is 5.36. The molecule has 0 aromatic carbocycles. The highest BCUT2D eigenvalue weighted by atomic mass is 32.1. The average Bonchev–Trinajstić information content (AvgIpc) is 2.52. The molecular formula is C8H12N2S. The van der Waals surface area contributed by atoms with Crippen LogP contribution in [0.15, 0.2) is 29.5 Å². The van der Waals surface area contributed by atoms with Gasteiger partial charge in [0.25, 0.3) is 0 Å². The van der Waals surface area contributed by atoms with E-state index in [9.17, 15) is 0 Å². The molecule has 0 saturated carbocycles. The smallest absolute Gasteiger partial charge is 0.0428 e. The topological polar surface area (TPSA) is 38.0 Å². The van der Waals surface area contributed by atoms with Gasteiger partial charge in [-0.1, -0.05) is 6.08 Å². The van der Waals surface area contributed by atoms with Crippen LogP contribution in [0.1, 0.15) is 5.56 Å². The van der Waals surface area contributed by atoms with Gasteiger partial charge >= 0.3 is 0 Å². The average molecular weight is 168 g/mol. The van der Waals surface area contributed by atoms with Gasteiger partial charge in [-0.05, 0) is 28.8 Å². The van der Waals surface area contributed by atoms with E-state index >= 15 is 0 Å². The van der Waals surface area contributed by atoms with Crippen molar-refractivity contribution < 1.29 is 0 Å². The summed E-state index contributed by atoms with van der Waals surface area (Å²) < 4.78 is 0. The number of thiophene rings is 1. The lowest BCUT2D eigenvalue weighted by atomic mass is 10.1. The van der Waals surface area contributed by atoms with Crippen molar-refractivity contribution in [2.45, 2.75) is 12.5 Å². The van der Waals surface area contributed by atoms with Gasteiger partial charge in [0.2, 0.25) is 0 Å². The third-order valence-corrected chi connectivity index (χ3v) is 2.27. The van der Waals surface area contributed by atoms with Crippen LogP contribution in [-0.4, -0.2) is 6.04 Å². The van der Waals surface area contributed by atoms with Gasteiger partial charge in [0.1, 0.15) is 0 Å². The first-order valence-electron chi connectivity index (χ1n) is 3.46. The third-order valence-electron chi connectivity index (χ3n) is 1.53. The summed E-state index contributed by atoms with van der Waals surface area (Å²) in [4.78, 5) is 0. The first-order valence-corrected chi connectivity index (χ1v) is 4.41. The monoisotopic (exact) mass is 168 g/mol. The van der Waals surface area contributed by atoms with Crippen LogP contribution in [0.25, 0.3) is 0 Å². The molecule has 0 bridgehead atoms. The molecule has 0 radical (unpaired) electrons. The summed E-state index contributed by atoms with van der Waals surface area (Å²) in [6, 6.07) is 2.28. The summed E-state index contributed by atoms with van der Waals surface area (Å²) in [6.07, 6.45) is 2.74. The summed E-state index contributed by atoms with van der Waals surface area (Å²) in [5.74, 6) is 5.28. The molecule has 1 aromatic heterocycles. The predicted octanol–water partition coefficient (Wildman–Crippen LogP) is 1.31. The van der Waals surface area contributed by atoms with Gasteiger partial charge in [-0.25, -0.2) is 0 Å². The number of nitrogens with two attached hydrogens (primary N) is 1. The van der Waals surface area contributed by atoms with E-state index in [4.69, 9.17) is 5.84 Å². The van der Waals surface area contributed by atoms with Crippen LogP contribution >= 0.6 is 11.3 Å². The van der Waals surface area contributed by atoms with Crippen LogP contribution in [0.4, 0.5) is 0 Å². The van der Waals surface area contributed by atoms with Gasteiger partial charge in [-0.3, -0.25) is 11.3 Å². The molecule has 0 aliphatic rings. The molecule has 2 nitrogen and oxygen atoms in total. The van der Waals surface area contributed by atoms with E-state index in [1.165, 1.54) is 5.56 Å². The lowest BCUT2D eigenvalue weighted by molar-refractivity contribution is 0.619. The molecule has 0 amide bonds. The van der Waals surface area contributed by atoms with Crippen molar-refractivity contribution in [2.24, 2.45) is 5.84 Å². The molecule has 0 fully saturated rings. The van der Waals surface area contributed by atoms with Crippen molar-refractivity contribution >= 4 is 11.3 Å². The SMILES string of the molecule is C=CC(Cc1ccsc1)NN. The summed E-state index contributed by atoms with van der Waals surface area (Å²) in [5.41, 5.74) is 3.98. The van der Waals surface area contributed by atoms with Crippen molar-refractivity contribution in [3.63, 3.8) is 0 Å². The van der Waals surface area contributed by atoms with Crippen LogP contribution in [0.3, 0.4) is 0 Å². The molecule has 0 aliphatic carbocycles. The van der Waals surface area contributed by atoms with Crippen LogP contribution in [0.5, 0.6) is 0 Å². The quantitative estimate of drug-likeness (QED) is 0.404. The predicted molar refractivity (Wildman–Crippen MR) is 49.3 cm³/mol. The molecule has 0 spiro atoms. The van der Waals surface area contributed by atoms with E-state index in [1.807, 2.05) is 6.08 Å². The Balaban J connectivity index is 2.47. The highest BCUT2D eigenvalue weighted by Gasteiger charge is 2.01. The van der Waals surface area contributed by atoms with E-state index in [0.29, 0.717) is 0 Å². The van der Waals surface area contributed by atoms with Crippen molar-refractivity contribution in [3.8, 4) is 0 Å². The van der Waals surface area contributed by atoms with E-state index in [2.05, 4.69) is 28.8 Å². The van der Waals surface area contributed by atoms with Gasteiger partial charge < -0.3 is 0 Å². The molecule has 1 aromatic rings. The second-order valence-corrected chi connectivity index (χ2v) is 3.12. The summed E-state index contributed by atoms with van der Waals surface area (Å²) >= 11 is 1.70. The minimum absolute atomic E-state index is 0.185. The molecule has 1 heterocycles. The van der Waals surface area contributed by atoms with Gasteiger partial charge in [0.15, 0.2) is 0 Å². The second kappa shape index (κ2) is 4.28. The molecule has 1 unspecified atom stereocenters. The largest absolute Gasteiger partial charge is 0.271 e. The Kier molecular flexibility index (Phi) is 3.29. The summed E-state index contributed by atoms with van der Waals surface area (Å²) in [5, 5.41) is 4.18. The fourth-order valence-corrected chi connectivity index (χ4v) is 1.55. The number of hydrazine groups is 1. The first kappa shape index (κ1) is 8.46. The van der Waals surface area contributed by atoms with Gasteiger partial charge in [0.05, 0.1) is 0 Å². The van der Waals surface area contributed by atoms with Crippen LogP contribution in [0.2, 0.25) is 0 Å². The maximum atomic E-state index is 5.28. The Bertz CT molecular complexity index is 206. The minimum Gasteiger partial charge on any atom is -0.271 e. The van der Waals surface area contributed by atoms with Crippen molar-refractivity contribution in [1.82, 2.24) is 5.43 Å². The molecule has 3 N–H and O–H groups in total. The molecule has 0 saturated heterocycles. The Morgan fingerprint density at radius 3 is 3.09 bits per heavy atom. The van der Waals surface area contributed by atoms with E-state index in [-0.39, 0.29) is 6.04 Å². The zero-order valence-corrected chi connectivity index (χ0v) is 7.10. The highest BCUT2D eigenvalue weighted by molar-refractivity contribution is 7.07. The number of hydrogen-bond acceptors (Lipinski definition) is 3. The Labute approximate surface area is 70.7 Å². The van der Waals surface area contributed by atoms with Crippen molar-refractivity contribution in [2.75, 3.05) is 0 Å². The molecule has 60 valence electrons. The molecule has 1 atom stereocenters. The number of rotatable bonds is 4. The molecular weight excluding hydrogens is 156 g/mol. The maximum absolute atomic E-state index is 5.28. The van der Waals surface area contributed by atoms with Crippen molar-refractivity contribution in [1.29, 1.82) is 0 Å². The van der Waals surface area contributed by atoms with Gasteiger partial charge in [-0.15, -0.1) is 6.58 Å². The zero-order valence-electron chi connectivity index (χ0n) is 6.29. The third kappa shape index (κ3) is 2.46. The molecule has 0 aliphatic heterocycles. The molecule has 1 rings (SSSR count). The Hall–Kier alpha value is -0.640. The summed E-state index contributed by atoms with van der Waals surface area (Å²) in [7, 11) is 0. The minimum atomic E-state index is 0.185. The standard InChI is InChI=1S/C8H12N2S/c1-2-8(10-9)5-7-3-4-11-6-7/h2-4,6,8,10H,1,5,9H2. The molecule has 11 heavy (non-hydrogen) atoms. The molecule has 3 heteroatoms. The lowest BCUT2D eigenvalue weighted by Crippen LogP contribution is -2.34. The van der Waals surface area contributed by atoms with Crippen LogP contribution < -0.4 is 11.3 Å². The van der Waals surface area contributed by atoms with Gasteiger partial charge in [0, 0.05) is 6.04 Å². The summed E-state index contributed by atoms with van der Waals surface area (Å²) in [6.45, 7) is 3.67. The number of hydrogen-bond donors (Lipinski definition) is 2. The fourth-order valence-electron chi connectivity index (χ4n) is 0.873. The van der Waals surface area contributed by atoms with Crippen molar-refractivity contribution in [3.05, 3.63) is 35.0 Å². The normalized spacial score (nSPS) is 12.8. The van der Waals surface area contributed by atoms with Crippen LogP contribution in [0, 0.1) is 0 Å². The van der Waals surface area contributed by atoms with E-state index in [0.717, 1.165) is 6.42 Å². The number of nitrogens with one attached hydrogen (secondary N) is 1. The Morgan fingerprint density at radius 2 is 2.64 bits per heavy atom. The van der Waals surface area contributed by atoms with Gasteiger partial charge in [-0.2, -0.15) is 11.3 Å². The lowest BCUT2D eigenvalue weighted by Gasteiger charge is -2.08. The van der Waals surface area contributed by atoms with E-state index in [1.54, 1.807) is 11.3 Å².